The first-order valence-electron chi connectivity index (χ1n) is 5.03. The fourth-order valence-corrected chi connectivity index (χ4v) is 2.29. The topological polar surface area (TPSA) is 29.5 Å². The Balaban J connectivity index is 2.25. The quantitative estimate of drug-likeness (QED) is 0.707. The van der Waals surface area contributed by atoms with E-state index < -0.39 is 0 Å². The first kappa shape index (κ1) is 12.0. The van der Waals surface area contributed by atoms with Crippen LogP contribution in [0.4, 0.5) is 0 Å². The van der Waals surface area contributed by atoms with E-state index in [4.69, 9.17) is 4.74 Å². The van der Waals surface area contributed by atoms with Crippen LogP contribution in [0.3, 0.4) is 0 Å². The predicted octanol–water partition coefficient (Wildman–Crippen LogP) is 1.65. The van der Waals surface area contributed by atoms with E-state index in [1.807, 2.05) is 11.9 Å². The Morgan fingerprint density at radius 2 is 2.29 bits per heavy atom. The van der Waals surface area contributed by atoms with Crippen molar-refractivity contribution in [2.45, 2.75) is 24.1 Å². The Bertz CT molecular complexity index is 195. The maximum Gasteiger partial charge on any atom is 0.225 e. The van der Waals surface area contributed by atoms with Crippen LogP contribution in [0, 0.1) is 5.92 Å². The van der Waals surface area contributed by atoms with Gasteiger partial charge in [-0.05, 0) is 12.8 Å². The summed E-state index contributed by atoms with van der Waals surface area (Å²) < 4.78 is 5.00. The van der Waals surface area contributed by atoms with Crippen molar-refractivity contribution in [2.24, 2.45) is 5.92 Å². The monoisotopic (exact) mass is 263 g/mol. The van der Waals surface area contributed by atoms with Crippen LogP contribution in [-0.2, 0) is 9.53 Å². The van der Waals surface area contributed by atoms with Gasteiger partial charge in [-0.2, -0.15) is 0 Å². The van der Waals surface area contributed by atoms with E-state index in [1.54, 1.807) is 7.11 Å². The van der Waals surface area contributed by atoms with E-state index in [0.717, 1.165) is 19.4 Å². The summed E-state index contributed by atoms with van der Waals surface area (Å²) in [7, 11) is 3.53. The van der Waals surface area contributed by atoms with Crippen LogP contribution in [0.15, 0.2) is 0 Å². The van der Waals surface area contributed by atoms with Crippen molar-refractivity contribution < 1.29 is 9.53 Å². The van der Waals surface area contributed by atoms with Crippen molar-refractivity contribution in [1.29, 1.82) is 0 Å². The minimum absolute atomic E-state index is 0.238. The van der Waals surface area contributed by atoms with E-state index in [2.05, 4.69) is 15.9 Å². The lowest BCUT2D eigenvalue weighted by Gasteiger charge is -2.30. The van der Waals surface area contributed by atoms with Gasteiger partial charge in [-0.15, -0.1) is 0 Å². The van der Waals surface area contributed by atoms with Crippen molar-refractivity contribution in [3.63, 3.8) is 0 Å². The van der Waals surface area contributed by atoms with Crippen molar-refractivity contribution in [3.8, 4) is 0 Å². The van der Waals surface area contributed by atoms with Gasteiger partial charge in [0.2, 0.25) is 5.91 Å². The SMILES string of the molecule is COCC(Br)CN(C)C(=O)C1CCC1. The Labute approximate surface area is 93.9 Å². The van der Waals surface area contributed by atoms with Crippen molar-refractivity contribution >= 4 is 21.8 Å². The third-order valence-corrected chi connectivity index (χ3v) is 3.20. The molecule has 1 unspecified atom stereocenters. The molecule has 3 nitrogen and oxygen atoms in total. The average molecular weight is 264 g/mol. The van der Waals surface area contributed by atoms with Crippen LogP contribution in [-0.4, -0.2) is 42.9 Å². The highest BCUT2D eigenvalue weighted by Crippen LogP contribution is 2.28. The molecule has 1 aliphatic carbocycles. The Morgan fingerprint density at radius 3 is 2.71 bits per heavy atom. The number of rotatable bonds is 5. The molecule has 1 atom stereocenters. The zero-order valence-corrected chi connectivity index (χ0v) is 10.4. The minimum atomic E-state index is 0.238. The molecule has 82 valence electrons. The summed E-state index contributed by atoms with van der Waals surface area (Å²) in [6.45, 7) is 1.37. The van der Waals surface area contributed by atoms with Gasteiger partial charge in [-0.25, -0.2) is 0 Å². The lowest BCUT2D eigenvalue weighted by atomic mass is 9.84. The molecule has 0 bridgehead atoms. The molecular weight excluding hydrogens is 246 g/mol. The van der Waals surface area contributed by atoms with E-state index in [-0.39, 0.29) is 10.7 Å². The van der Waals surface area contributed by atoms with Gasteiger partial charge in [-0.1, -0.05) is 22.4 Å². The van der Waals surface area contributed by atoms with E-state index in [1.165, 1.54) is 6.42 Å². The number of hydrogen-bond acceptors (Lipinski definition) is 2. The largest absolute Gasteiger partial charge is 0.383 e. The maximum atomic E-state index is 11.7. The van der Waals surface area contributed by atoms with E-state index in [0.29, 0.717) is 12.5 Å². The fraction of sp³-hybridized carbons (Fsp3) is 0.900. The number of carbonyl (C=O) groups excluding carboxylic acids is 1. The van der Waals surface area contributed by atoms with Crippen molar-refractivity contribution in [1.82, 2.24) is 4.90 Å². The molecule has 0 N–H and O–H groups in total. The highest BCUT2D eigenvalue weighted by molar-refractivity contribution is 9.09. The van der Waals surface area contributed by atoms with Gasteiger partial charge in [-0.3, -0.25) is 4.79 Å². The third kappa shape index (κ3) is 3.24. The molecule has 0 saturated heterocycles. The van der Waals surface area contributed by atoms with Gasteiger partial charge in [0, 0.05) is 26.6 Å². The Hall–Kier alpha value is -0.0900. The van der Waals surface area contributed by atoms with Gasteiger partial charge < -0.3 is 9.64 Å². The van der Waals surface area contributed by atoms with Gasteiger partial charge in [0.1, 0.15) is 0 Å². The van der Waals surface area contributed by atoms with Gasteiger partial charge in [0.15, 0.2) is 0 Å². The van der Waals surface area contributed by atoms with Crippen LogP contribution in [0.2, 0.25) is 0 Å². The number of nitrogens with zero attached hydrogens (tertiary/aromatic N) is 1. The summed E-state index contributed by atoms with van der Waals surface area (Å²) in [5.41, 5.74) is 0. The second-order valence-electron chi connectivity index (χ2n) is 3.90. The Kier molecular flexibility index (Phi) is 4.89. The molecule has 0 aromatic carbocycles. The summed E-state index contributed by atoms with van der Waals surface area (Å²) in [6, 6.07) is 0. The van der Waals surface area contributed by atoms with Crippen LogP contribution in [0.25, 0.3) is 0 Å². The number of ether oxygens (including phenoxy) is 1. The lowest BCUT2D eigenvalue weighted by Crippen LogP contribution is -2.39. The second-order valence-corrected chi connectivity index (χ2v) is 5.19. The molecular formula is C10H18BrNO2. The number of amides is 1. The first-order chi connectivity index (χ1) is 6.65. The molecule has 0 aromatic heterocycles. The molecule has 0 aromatic rings. The molecule has 0 aliphatic heterocycles. The smallest absolute Gasteiger partial charge is 0.225 e. The van der Waals surface area contributed by atoms with E-state index >= 15 is 0 Å². The highest BCUT2D eigenvalue weighted by atomic mass is 79.9. The van der Waals surface area contributed by atoms with Crippen LogP contribution >= 0.6 is 15.9 Å². The third-order valence-electron chi connectivity index (χ3n) is 2.65. The molecule has 1 fully saturated rings. The number of methoxy groups -OCH3 is 1. The first-order valence-corrected chi connectivity index (χ1v) is 5.94. The number of alkyl halides is 1. The summed E-state index contributed by atoms with van der Waals surface area (Å²) in [5, 5.41) is 0. The normalized spacial score (nSPS) is 18.8. The van der Waals surface area contributed by atoms with Gasteiger partial charge in [0.25, 0.3) is 0 Å². The molecule has 4 heteroatoms. The molecule has 0 heterocycles. The molecule has 0 spiro atoms. The maximum absolute atomic E-state index is 11.7. The predicted molar refractivity (Wildman–Crippen MR) is 59.6 cm³/mol. The Morgan fingerprint density at radius 1 is 1.64 bits per heavy atom. The molecule has 1 rings (SSSR count). The number of carbonyl (C=O) groups is 1. The number of hydrogen-bond donors (Lipinski definition) is 0. The zero-order chi connectivity index (χ0) is 10.6. The van der Waals surface area contributed by atoms with Gasteiger partial charge in [0.05, 0.1) is 11.4 Å². The standard InChI is InChI=1S/C10H18BrNO2/c1-12(6-9(11)7-14-2)10(13)8-4-3-5-8/h8-9H,3-7H2,1-2H3. The van der Waals surface area contributed by atoms with Crippen LogP contribution in [0.5, 0.6) is 0 Å². The van der Waals surface area contributed by atoms with Crippen LogP contribution in [0.1, 0.15) is 19.3 Å². The second kappa shape index (κ2) is 5.71. The van der Waals surface area contributed by atoms with Gasteiger partial charge >= 0.3 is 0 Å². The lowest BCUT2D eigenvalue weighted by molar-refractivity contribution is -0.136. The molecule has 14 heavy (non-hydrogen) atoms. The average Bonchev–Trinajstić information content (AvgIpc) is 2.01. The molecule has 1 aliphatic rings. The van der Waals surface area contributed by atoms with Crippen molar-refractivity contribution in [3.05, 3.63) is 0 Å². The highest BCUT2D eigenvalue weighted by Gasteiger charge is 2.28. The molecule has 0 radical (unpaired) electrons. The van der Waals surface area contributed by atoms with Crippen LogP contribution < -0.4 is 0 Å². The van der Waals surface area contributed by atoms with E-state index in [9.17, 15) is 4.79 Å². The minimum Gasteiger partial charge on any atom is -0.383 e. The summed E-state index contributed by atoms with van der Waals surface area (Å²) >= 11 is 3.48. The zero-order valence-electron chi connectivity index (χ0n) is 8.83. The fourth-order valence-electron chi connectivity index (χ4n) is 1.59. The summed E-state index contributed by atoms with van der Waals surface area (Å²) in [5.74, 6) is 0.582. The molecule has 1 saturated carbocycles. The molecule has 1 amide bonds. The summed E-state index contributed by atoms with van der Waals surface area (Å²) in [4.78, 5) is 13.8. The summed E-state index contributed by atoms with van der Waals surface area (Å²) in [6.07, 6.45) is 3.35. The van der Waals surface area contributed by atoms with Crippen molar-refractivity contribution in [2.75, 3.05) is 27.3 Å². The number of halogens is 1.